The third kappa shape index (κ3) is 3.00. The summed E-state index contributed by atoms with van der Waals surface area (Å²) >= 11 is 0. The van der Waals surface area contributed by atoms with E-state index in [1.54, 1.807) is 0 Å². The molecular weight excluding hydrogens is 260 g/mol. The minimum atomic E-state index is -3.62. The van der Waals surface area contributed by atoms with E-state index in [9.17, 15) is 13.2 Å². The third-order valence-electron chi connectivity index (χ3n) is 3.46. The van der Waals surface area contributed by atoms with Crippen LogP contribution in [0.4, 0.5) is 0 Å². The van der Waals surface area contributed by atoms with Gasteiger partial charge in [0.05, 0.1) is 24.7 Å². The van der Waals surface area contributed by atoms with Crippen LogP contribution in [0.2, 0.25) is 0 Å². The van der Waals surface area contributed by atoms with E-state index in [4.69, 9.17) is 9.84 Å². The molecule has 2 aliphatic rings. The van der Waals surface area contributed by atoms with Gasteiger partial charge in [0.25, 0.3) is 10.2 Å². The van der Waals surface area contributed by atoms with Crippen LogP contribution in [0.25, 0.3) is 0 Å². The number of aliphatic carboxylic acids is 1. The number of carboxylic acid groups (broad SMARTS) is 1. The average molecular weight is 278 g/mol. The van der Waals surface area contributed by atoms with Gasteiger partial charge in [-0.2, -0.15) is 17.4 Å². The van der Waals surface area contributed by atoms with Gasteiger partial charge in [-0.3, -0.25) is 4.79 Å². The van der Waals surface area contributed by atoms with E-state index in [2.05, 4.69) is 4.72 Å². The Hall–Kier alpha value is -0.700. The van der Waals surface area contributed by atoms with Gasteiger partial charge in [-0.15, -0.1) is 0 Å². The molecule has 0 spiro atoms. The zero-order valence-corrected chi connectivity index (χ0v) is 11.0. The lowest BCUT2D eigenvalue weighted by molar-refractivity contribution is -0.137. The van der Waals surface area contributed by atoms with E-state index in [-0.39, 0.29) is 31.2 Å². The van der Waals surface area contributed by atoms with Gasteiger partial charge in [-0.25, -0.2) is 0 Å². The second kappa shape index (κ2) is 5.12. The predicted molar refractivity (Wildman–Crippen MR) is 63.2 cm³/mol. The van der Waals surface area contributed by atoms with Crippen molar-refractivity contribution in [2.75, 3.05) is 13.6 Å². The Labute approximate surface area is 106 Å². The monoisotopic (exact) mass is 278 g/mol. The van der Waals surface area contributed by atoms with Crippen LogP contribution in [-0.2, 0) is 19.7 Å². The molecule has 2 N–H and O–H groups in total. The Morgan fingerprint density at radius 2 is 2.22 bits per heavy atom. The van der Waals surface area contributed by atoms with Crippen LogP contribution in [0, 0.1) is 0 Å². The first-order valence-electron chi connectivity index (χ1n) is 5.99. The van der Waals surface area contributed by atoms with Crippen molar-refractivity contribution in [1.82, 2.24) is 9.03 Å². The fourth-order valence-corrected chi connectivity index (χ4v) is 3.56. The molecule has 2 rings (SSSR count). The highest BCUT2D eigenvalue weighted by Crippen LogP contribution is 2.34. The van der Waals surface area contributed by atoms with Crippen molar-refractivity contribution in [3.05, 3.63) is 0 Å². The van der Waals surface area contributed by atoms with Crippen LogP contribution in [0.3, 0.4) is 0 Å². The predicted octanol–water partition coefficient (Wildman–Crippen LogP) is -0.453. The molecule has 3 unspecified atom stereocenters. The van der Waals surface area contributed by atoms with E-state index >= 15 is 0 Å². The van der Waals surface area contributed by atoms with Crippen molar-refractivity contribution in [2.24, 2.45) is 0 Å². The molecule has 2 aliphatic heterocycles. The lowest BCUT2D eigenvalue weighted by Crippen LogP contribution is -2.47. The molecule has 8 heteroatoms. The van der Waals surface area contributed by atoms with Crippen molar-refractivity contribution in [1.29, 1.82) is 0 Å². The molecule has 104 valence electrons. The first kappa shape index (κ1) is 13.7. The summed E-state index contributed by atoms with van der Waals surface area (Å²) in [5.41, 5.74) is 0. The van der Waals surface area contributed by atoms with Gasteiger partial charge in [-0.1, -0.05) is 0 Å². The number of nitrogens with one attached hydrogen (secondary N) is 1. The Morgan fingerprint density at radius 3 is 2.72 bits per heavy atom. The maximum atomic E-state index is 11.9. The third-order valence-corrected chi connectivity index (χ3v) is 5.06. The molecule has 2 saturated heterocycles. The Balaban J connectivity index is 1.88. The second-order valence-electron chi connectivity index (χ2n) is 4.80. The molecule has 0 aromatic carbocycles. The lowest BCUT2D eigenvalue weighted by atomic mass is 9.96. The molecule has 18 heavy (non-hydrogen) atoms. The molecule has 0 radical (unpaired) electrons. The maximum Gasteiger partial charge on any atom is 0.304 e. The van der Waals surface area contributed by atoms with Gasteiger partial charge in [0, 0.05) is 13.6 Å². The number of hydrogen-bond donors (Lipinski definition) is 2. The zero-order chi connectivity index (χ0) is 13.3. The lowest BCUT2D eigenvalue weighted by Gasteiger charge is -2.23. The smallest absolute Gasteiger partial charge is 0.304 e. The van der Waals surface area contributed by atoms with E-state index in [0.29, 0.717) is 6.42 Å². The van der Waals surface area contributed by atoms with Crippen molar-refractivity contribution in [3.63, 3.8) is 0 Å². The molecule has 0 amide bonds. The molecule has 2 heterocycles. The van der Waals surface area contributed by atoms with Crippen molar-refractivity contribution in [2.45, 2.75) is 43.9 Å². The number of hydrogen-bond acceptors (Lipinski definition) is 4. The number of fused-ring (bicyclic) bond motifs is 2. The number of ether oxygens (including phenoxy) is 1. The summed E-state index contributed by atoms with van der Waals surface area (Å²) in [4.78, 5) is 10.4. The van der Waals surface area contributed by atoms with Crippen molar-refractivity contribution in [3.8, 4) is 0 Å². The van der Waals surface area contributed by atoms with Crippen LogP contribution in [0.1, 0.15) is 25.7 Å². The SMILES string of the molecule is CN(CCC(=O)O)S(=O)(=O)NC1CC2CCC1O2. The highest BCUT2D eigenvalue weighted by Gasteiger charge is 2.42. The highest BCUT2D eigenvalue weighted by atomic mass is 32.2. The summed E-state index contributed by atoms with van der Waals surface area (Å²) < 4.78 is 33.1. The van der Waals surface area contributed by atoms with Gasteiger partial charge < -0.3 is 9.84 Å². The van der Waals surface area contributed by atoms with Gasteiger partial charge in [0.15, 0.2) is 0 Å². The number of carbonyl (C=O) groups is 1. The Kier molecular flexibility index (Phi) is 3.90. The molecular formula is C10H18N2O5S. The van der Waals surface area contributed by atoms with E-state index in [0.717, 1.165) is 17.1 Å². The van der Waals surface area contributed by atoms with E-state index < -0.39 is 16.2 Å². The number of rotatable bonds is 6. The van der Waals surface area contributed by atoms with Crippen LogP contribution < -0.4 is 4.72 Å². The standard InChI is InChI=1S/C10H18N2O5S/c1-12(5-4-10(13)14)18(15,16)11-8-6-7-2-3-9(8)17-7/h7-9,11H,2-6H2,1H3,(H,13,14). The molecule has 0 saturated carbocycles. The highest BCUT2D eigenvalue weighted by molar-refractivity contribution is 7.87. The van der Waals surface area contributed by atoms with E-state index in [1.165, 1.54) is 7.05 Å². The summed E-state index contributed by atoms with van der Waals surface area (Å²) in [6.07, 6.45) is 2.53. The molecule has 3 atom stereocenters. The maximum absolute atomic E-state index is 11.9. The molecule has 7 nitrogen and oxygen atoms in total. The minimum absolute atomic E-state index is 0.0300. The fraction of sp³-hybridized carbons (Fsp3) is 0.900. The largest absolute Gasteiger partial charge is 0.481 e. The van der Waals surface area contributed by atoms with Crippen LogP contribution in [0.5, 0.6) is 0 Å². The first-order valence-corrected chi connectivity index (χ1v) is 7.43. The summed E-state index contributed by atoms with van der Waals surface area (Å²) in [7, 11) is -2.25. The summed E-state index contributed by atoms with van der Waals surface area (Å²) in [5, 5.41) is 8.54. The number of carboxylic acids is 1. The summed E-state index contributed by atoms with van der Waals surface area (Å²) in [6, 6.07) is -0.180. The number of nitrogens with zero attached hydrogens (tertiary/aromatic N) is 1. The second-order valence-corrected chi connectivity index (χ2v) is 6.61. The minimum Gasteiger partial charge on any atom is -0.481 e. The normalized spacial score (nSPS) is 31.1. The Bertz CT molecular complexity index is 424. The molecule has 0 aliphatic carbocycles. The van der Waals surface area contributed by atoms with Gasteiger partial charge >= 0.3 is 5.97 Å². The molecule has 0 aromatic heterocycles. The van der Waals surface area contributed by atoms with Crippen LogP contribution in [-0.4, -0.2) is 55.6 Å². The van der Waals surface area contributed by atoms with Gasteiger partial charge in [0.1, 0.15) is 0 Å². The average Bonchev–Trinajstić information content (AvgIpc) is 2.86. The van der Waals surface area contributed by atoms with Gasteiger partial charge in [-0.05, 0) is 19.3 Å². The van der Waals surface area contributed by atoms with Crippen LogP contribution in [0.15, 0.2) is 0 Å². The molecule has 2 fully saturated rings. The molecule has 2 bridgehead atoms. The summed E-state index contributed by atoms with van der Waals surface area (Å²) in [5.74, 6) is -1.01. The zero-order valence-electron chi connectivity index (χ0n) is 10.2. The summed E-state index contributed by atoms with van der Waals surface area (Å²) in [6.45, 7) is -0.0354. The van der Waals surface area contributed by atoms with Crippen LogP contribution >= 0.6 is 0 Å². The van der Waals surface area contributed by atoms with Gasteiger partial charge in [0.2, 0.25) is 0 Å². The van der Waals surface area contributed by atoms with Crippen molar-refractivity contribution < 1.29 is 23.1 Å². The van der Waals surface area contributed by atoms with Crippen molar-refractivity contribution >= 4 is 16.2 Å². The first-order chi connectivity index (χ1) is 8.38. The molecule has 0 aromatic rings. The quantitative estimate of drug-likeness (QED) is 0.686. The Morgan fingerprint density at radius 1 is 1.50 bits per heavy atom. The van der Waals surface area contributed by atoms with E-state index in [1.807, 2.05) is 0 Å². The fourth-order valence-electron chi connectivity index (χ4n) is 2.42. The topological polar surface area (TPSA) is 95.9 Å².